The predicted octanol–water partition coefficient (Wildman–Crippen LogP) is 1.62. The molecule has 0 unspecified atom stereocenters. The Bertz CT molecular complexity index is 527. The van der Waals surface area contributed by atoms with E-state index < -0.39 is 0 Å². The zero-order chi connectivity index (χ0) is 14.7. The van der Waals surface area contributed by atoms with Gasteiger partial charge in [0.2, 0.25) is 5.91 Å². The Labute approximate surface area is 123 Å². The van der Waals surface area contributed by atoms with E-state index in [2.05, 4.69) is 0 Å². The minimum atomic E-state index is -0.294. The van der Waals surface area contributed by atoms with Gasteiger partial charge in [-0.25, -0.2) is 0 Å². The van der Waals surface area contributed by atoms with Gasteiger partial charge in [-0.1, -0.05) is 17.7 Å². The summed E-state index contributed by atoms with van der Waals surface area (Å²) in [5, 5.41) is 0.343. The molecule has 0 bridgehead atoms. The van der Waals surface area contributed by atoms with Crippen LogP contribution in [-0.2, 0) is 4.79 Å². The smallest absolute Gasteiger partial charge is 0.256 e. The molecule has 1 aliphatic heterocycles. The van der Waals surface area contributed by atoms with E-state index >= 15 is 0 Å². The van der Waals surface area contributed by atoms with Crippen LogP contribution in [-0.4, -0.2) is 48.3 Å². The summed E-state index contributed by atoms with van der Waals surface area (Å²) in [7, 11) is 1.59. The number of nitrogens with zero attached hydrogens (tertiary/aromatic N) is 2. The van der Waals surface area contributed by atoms with Crippen molar-refractivity contribution in [1.29, 1.82) is 0 Å². The first-order valence-corrected chi connectivity index (χ1v) is 6.95. The lowest BCUT2D eigenvalue weighted by Gasteiger charge is -2.22. The Balaban J connectivity index is 2.04. The SMILES string of the molecule is CN(CC(=O)N1CCCC1)C(=O)c1cccc(Cl)c1N. The molecule has 108 valence electrons. The minimum Gasteiger partial charge on any atom is -0.397 e. The number of nitrogens with two attached hydrogens (primary N) is 1. The third-order valence-electron chi connectivity index (χ3n) is 3.46. The van der Waals surface area contributed by atoms with Crippen LogP contribution in [0, 0.1) is 0 Å². The van der Waals surface area contributed by atoms with Crippen LogP contribution in [0.3, 0.4) is 0 Å². The van der Waals surface area contributed by atoms with Crippen molar-refractivity contribution in [3.8, 4) is 0 Å². The first-order chi connectivity index (χ1) is 9.50. The van der Waals surface area contributed by atoms with Gasteiger partial charge in [-0.05, 0) is 25.0 Å². The van der Waals surface area contributed by atoms with E-state index in [0.29, 0.717) is 10.6 Å². The van der Waals surface area contributed by atoms with Gasteiger partial charge in [-0.2, -0.15) is 0 Å². The predicted molar refractivity (Wildman–Crippen MR) is 78.6 cm³/mol. The lowest BCUT2D eigenvalue weighted by Crippen LogP contribution is -2.40. The minimum absolute atomic E-state index is 0.0288. The largest absolute Gasteiger partial charge is 0.397 e. The third-order valence-corrected chi connectivity index (χ3v) is 3.79. The molecule has 0 aromatic heterocycles. The molecular formula is C14H18ClN3O2. The molecule has 20 heavy (non-hydrogen) atoms. The number of carbonyl (C=O) groups is 2. The summed E-state index contributed by atoms with van der Waals surface area (Å²) in [4.78, 5) is 27.5. The normalized spacial score (nSPS) is 14.4. The summed E-state index contributed by atoms with van der Waals surface area (Å²) in [5.74, 6) is -0.323. The number of amides is 2. The van der Waals surface area contributed by atoms with Gasteiger partial charge < -0.3 is 15.5 Å². The number of para-hydroxylation sites is 1. The molecule has 1 aliphatic rings. The second-order valence-corrected chi connectivity index (χ2v) is 5.36. The number of likely N-dealkylation sites (tertiary alicyclic amines) is 1. The lowest BCUT2D eigenvalue weighted by atomic mass is 10.1. The Kier molecular flexibility index (Phi) is 4.49. The second kappa shape index (κ2) is 6.13. The van der Waals surface area contributed by atoms with Crippen LogP contribution in [0.25, 0.3) is 0 Å². The molecule has 1 fully saturated rings. The number of likely N-dealkylation sites (N-methyl/N-ethyl adjacent to an activating group) is 1. The maximum atomic E-state index is 12.3. The van der Waals surface area contributed by atoms with Crippen molar-refractivity contribution in [2.45, 2.75) is 12.8 Å². The van der Waals surface area contributed by atoms with E-state index in [-0.39, 0.29) is 24.0 Å². The first-order valence-electron chi connectivity index (χ1n) is 6.58. The summed E-state index contributed by atoms with van der Waals surface area (Å²) in [6.07, 6.45) is 2.06. The van der Waals surface area contributed by atoms with Crippen LogP contribution in [0.4, 0.5) is 5.69 Å². The highest BCUT2D eigenvalue weighted by molar-refractivity contribution is 6.33. The fraction of sp³-hybridized carbons (Fsp3) is 0.429. The Morgan fingerprint density at radius 3 is 2.65 bits per heavy atom. The molecule has 0 saturated carbocycles. The summed E-state index contributed by atoms with van der Waals surface area (Å²) < 4.78 is 0. The summed E-state index contributed by atoms with van der Waals surface area (Å²) >= 11 is 5.90. The number of rotatable bonds is 3. The topological polar surface area (TPSA) is 66.6 Å². The molecule has 1 heterocycles. The van der Waals surface area contributed by atoms with E-state index in [1.54, 1.807) is 30.1 Å². The lowest BCUT2D eigenvalue weighted by molar-refractivity contribution is -0.130. The molecule has 2 amide bonds. The zero-order valence-corrected chi connectivity index (χ0v) is 12.2. The van der Waals surface area contributed by atoms with Crippen molar-refractivity contribution in [3.05, 3.63) is 28.8 Å². The number of benzene rings is 1. The van der Waals surface area contributed by atoms with Gasteiger partial charge in [0.05, 0.1) is 22.8 Å². The van der Waals surface area contributed by atoms with Crippen LogP contribution in [0.2, 0.25) is 5.02 Å². The Morgan fingerprint density at radius 1 is 1.35 bits per heavy atom. The number of anilines is 1. The van der Waals surface area contributed by atoms with Crippen molar-refractivity contribution >= 4 is 29.1 Å². The number of nitrogen functional groups attached to an aromatic ring is 1. The maximum absolute atomic E-state index is 12.3. The molecule has 1 aromatic rings. The average molecular weight is 296 g/mol. The molecule has 0 aliphatic carbocycles. The van der Waals surface area contributed by atoms with Crippen LogP contribution < -0.4 is 5.73 Å². The van der Waals surface area contributed by atoms with Crippen molar-refractivity contribution in [2.75, 3.05) is 32.4 Å². The molecule has 5 nitrogen and oxygen atoms in total. The summed E-state index contributed by atoms with van der Waals surface area (Å²) in [6.45, 7) is 1.62. The van der Waals surface area contributed by atoms with Crippen LogP contribution >= 0.6 is 11.6 Å². The highest BCUT2D eigenvalue weighted by atomic mass is 35.5. The van der Waals surface area contributed by atoms with E-state index in [0.717, 1.165) is 25.9 Å². The molecule has 0 spiro atoms. The first kappa shape index (κ1) is 14.7. The van der Waals surface area contributed by atoms with Crippen molar-refractivity contribution in [3.63, 3.8) is 0 Å². The average Bonchev–Trinajstić information content (AvgIpc) is 2.95. The van der Waals surface area contributed by atoms with E-state index in [9.17, 15) is 9.59 Å². The summed E-state index contributed by atoms with van der Waals surface area (Å²) in [5.41, 5.74) is 6.38. The molecule has 6 heteroatoms. The van der Waals surface area contributed by atoms with Crippen molar-refractivity contribution in [2.24, 2.45) is 0 Å². The van der Waals surface area contributed by atoms with Crippen molar-refractivity contribution in [1.82, 2.24) is 9.80 Å². The summed E-state index contributed by atoms with van der Waals surface area (Å²) in [6, 6.07) is 4.91. The van der Waals surface area contributed by atoms with Crippen LogP contribution in [0.1, 0.15) is 23.2 Å². The van der Waals surface area contributed by atoms with Gasteiger partial charge in [0.15, 0.2) is 0 Å². The fourth-order valence-electron chi connectivity index (χ4n) is 2.27. The maximum Gasteiger partial charge on any atom is 0.256 e. The molecule has 1 saturated heterocycles. The quantitative estimate of drug-likeness (QED) is 0.862. The second-order valence-electron chi connectivity index (χ2n) is 4.95. The molecule has 2 rings (SSSR count). The highest BCUT2D eigenvalue weighted by Gasteiger charge is 2.22. The van der Waals surface area contributed by atoms with E-state index in [4.69, 9.17) is 17.3 Å². The molecule has 0 radical (unpaired) electrons. The van der Waals surface area contributed by atoms with Gasteiger partial charge in [0.1, 0.15) is 0 Å². The fourth-order valence-corrected chi connectivity index (χ4v) is 2.44. The van der Waals surface area contributed by atoms with Gasteiger partial charge in [-0.15, -0.1) is 0 Å². The molecular weight excluding hydrogens is 278 g/mol. The number of carbonyl (C=O) groups excluding carboxylic acids is 2. The Morgan fingerprint density at radius 2 is 2.00 bits per heavy atom. The van der Waals surface area contributed by atoms with Gasteiger partial charge in [-0.3, -0.25) is 9.59 Å². The van der Waals surface area contributed by atoms with E-state index in [1.165, 1.54) is 4.90 Å². The van der Waals surface area contributed by atoms with Crippen LogP contribution in [0.5, 0.6) is 0 Å². The monoisotopic (exact) mass is 295 g/mol. The standard InChI is InChI=1S/C14H18ClN3O2/c1-17(9-12(19)18-7-2-3-8-18)14(20)10-5-4-6-11(15)13(10)16/h4-6H,2-3,7-9,16H2,1H3. The van der Waals surface area contributed by atoms with E-state index in [1.807, 2.05) is 0 Å². The number of hydrogen-bond acceptors (Lipinski definition) is 3. The molecule has 0 atom stereocenters. The zero-order valence-electron chi connectivity index (χ0n) is 11.4. The number of hydrogen-bond donors (Lipinski definition) is 1. The van der Waals surface area contributed by atoms with Gasteiger partial charge >= 0.3 is 0 Å². The molecule has 2 N–H and O–H groups in total. The number of halogens is 1. The van der Waals surface area contributed by atoms with Crippen molar-refractivity contribution < 1.29 is 9.59 Å². The van der Waals surface area contributed by atoms with Gasteiger partial charge in [0.25, 0.3) is 5.91 Å². The van der Waals surface area contributed by atoms with Gasteiger partial charge in [0, 0.05) is 20.1 Å². The highest BCUT2D eigenvalue weighted by Crippen LogP contribution is 2.23. The molecule has 1 aromatic carbocycles. The third kappa shape index (κ3) is 3.04. The van der Waals surface area contributed by atoms with Crippen LogP contribution in [0.15, 0.2) is 18.2 Å². The Hall–Kier alpha value is -1.75.